The molecular weight excluding hydrogens is 184 g/mol. The number of nitrogen functional groups attached to an aromatic ring is 1. The molecule has 1 aromatic carbocycles. The zero-order valence-electron chi connectivity index (χ0n) is 6.89. The van der Waals surface area contributed by atoms with Gasteiger partial charge in [0.05, 0.1) is 16.1 Å². The molecule has 0 amide bonds. The van der Waals surface area contributed by atoms with Gasteiger partial charge in [-0.2, -0.15) is 10.5 Å². The van der Waals surface area contributed by atoms with E-state index in [1.807, 2.05) is 0 Å². The summed E-state index contributed by atoms with van der Waals surface area (Å²) < 4.78 is 0. The number of nitriles is 2. The van der Waals surface area contributed by atoms with Gasteiger partial charge in [0.2, 0.25) is 0 Å². The van der Waals surface area contributed by atoms with Crippen molar-refractivity contribution in [1.29, 1.82) is 10.5 Å². The lowest BCUT2D eigenvalue weighted by molar-refractivity contribution is -0.383. The Morgan fingerprint density at radius 1 is 1.29 bits per heavy atom. The maximum absolute atomic E-state index is 10.4. The third kappa shape index (κ3) is 1.45. The Morgan fingerprint density at radius 3 is 2.21 bits per heavy atom. The largest absolute Gasteiger partial charge is 0.393 e. The summed E-state index contributed by atoms with van der Waals surface area (Å²) in [5, 5.41) is 27.6. The third-order valence-electron chi connectivity index (χ3n) is 1.60. The summed E-state index contributed by atoms with van der Waals surface area (Å²) in [5.74, 6) is 0. The first-order valence-electron chi connectivity index (χ1n) is 3.48. The van der Waals surface area contributed by atoms with Gasteiger partial charge < -0.3 is 5.73 Å². The normalized spacial score (nSPS) is 8.71. The van der Waals surface area contributed by atoms with Crippen LogP contribution >= 0.6 is 0 Å². The number of hydrogen-bond acceptors (Lipinski definition) is 5. The molecule has 1 aromatic rings. The number of rotatable bonds is 1. The fourth-order valence-corrected chi connectivity index (χ4v) is 0.948. The van der Waals surface area contributed by atoms with Crippen molar-refractivity contribution < 1.29 is 4.92 Å². The van der Waals surface area contributed by atoms with E-state index in [9.17, 15) is 10.1 Å². The highest BCUT2D eigenvalue weighted by molar-refractivity contribution is 5.66. The van der Waals surface area contributed by atoms with Crippen LogP contribution in [0.4, 0.5) is 11.4 Å². The molecule has 6 nitrogen and oxygen atoms in total. The van der Waals surface area contributed by atoms with Crippen molar-refractivity contribution in [1.82, 2.24) is 0 Å². The molecule has 0 aliphatic rings. The zero-order chi connectivity index (χ0) is 10.7. The van der Waals surface area contributed by atoms with Gasteiger partial charge in [0.1, 0.15) is 17.8 Å². The molecule has 2 N–H and O–H groups in total. The second kappa shape index (κ2) is 3.42. The topological polar surface area (TPSA) is 117 Å². The summed E-state index contributed by atoms with van der Waals surface area (Å²) in [5.41, 5.74) is 4.83. The van der Waals surface area contributed by atoms with Crippen molar-refractivity contribution >= 4 is 11.4 Å². The van der Waals surface area contributed by atoms with Crippen LogP contribution in [-0.4, -0.2) is 4.92 Å². The highest BCUT2D eigenvalue weighted by Crippen LogP contribution is 2.24. The highest BCUT2D eigenvalue weighted by atomic mass is 16.6. The number of nitrogens with two attached hydrogens (primary N) is 1. The SMILES string of the molecule is N#Cc1cc(N)c([N+](=O)[O-])cc1C#N. The van der Waals surface area contributed by atoms with Crippen LogP contribution in [0.3, 0.4) is 0 Å². The van der Waals surface area contributed by atoms with Crippen molar-refractivity contribution in [3.63, 3.8) is 0 Å². The molecule has 0 aliphatic carbocycles. The minimum absolute atomic E-state index is 0.0376. The Balaban J connectivity index is 3.50. The minimum atomic E-state index is -0.697. The molecule has 1 rings (SSSR count). The predicted molar refractivity (Wildman–Crippen MR) is 46.9 cm³/mol. The fourth-order valence-electron chi connectivity index (χ4n) is 0.948. The monoisotopic (exact) mass is 188 g/mol. The van der Waals surface area contributed by atoms with E-state index >= 15 is 0 Å². The third-order valence-corrected chi connectivity index (χ3v) is 1.60. The van der Waals surface area contributed by atoms with Gasteiger partial charge in [0.25, 0.3) is 5.69 Å². The molecule has 0 spiro atoms. The summed E-state index contributed by atoms with van der Waals surface area (Å²) in [6.45, 7) is 0. The first kappa shape index (κ1) is 9.49. The van der Waals surface area contributed by atoms with Crippen LogP contribution < -0.4 is 5.73 Å². The lowest BCUT2D eigenvalue weighted by atomic mass is 10.1. The quantitative estimate of drug-likeness (QED) is 0.399. The van der Waals surface area contributed by atoms with Gasteiger partial charge in [-0.15, -0.1) is 0 Å². The average Bonchev–Trinajstić information content (AvgIpc) is 2.16. The van der Waals surface area contributed by atoms with Crippen LogP contribution in [0.2, 0.25) is 0 Å². The number of hydrogen-bond donors (Lipinski definition) is 1. The number of benzene rings is 1. The number of anilines is 1. The second-order valence-electron chi connectivity index (χ2n) is 2.44. The average molecular weight is 188 g/mol. The highest BCUT2D eigenvalue weighted by Gasteiger charge is 2.15. The minimum Gasteiger partial charge on any atom is -0.393 e. The molecule has 6 heteroatoms. The van der Waals surface area contributed by atoms with Crippen LogP contribution in [0.25, 0.3) is 0 Å². The van der Waals surface area contributed by atoms with E-state index in [4.69, 9.17) is 16.3 Å². The molecule has 0 bridgehead atoms. The Bertz CT molecular complexity index is 481. The lowest BCUT2D eigenvalue weighted by Gasteiger charge is -1.98. The second-order valence-corrected chi connectivity index (χ2v) is 2.44. The van der Waals surface area contributed by atoms with E-state index in [0.29, 0.717) is 0 Å². The maximum Gasteiger partial charge on any atom is 0.293 e. The molecule has 0 heterocycles. The Morgan fingerprint density at radius 2 is 1.79 bits per heavy atom. The van der Waals surface area contributed by atoms with E-state index in [1.165, 1.54) is 0 Å². The van der Waals surface area contributed by atoms with Crippen LogP contribution in [0.1, 0.15) is 11.1 Å². The van der Waals surface area contributed by atoms with E-state index in [0.717, 1.165) is 12.1 Å². The van der Waals surface area contributed by atoms with E-state index in [2.05, 4.69) is 0 Å². The van der Waals surface area contributed by atoms with Crippen LogP contribution in [0, 0.1) is 32.8 Å². The Labute approximate surface area is 78.9 Å². The summed E-state index contributed by atoms with van der Waals surface area (Å²) in [7, 11) is 0. The standard InChI is InChI=1S/C8H4N4O2/c9-3-5-1-7(11)8(12(13)14)2-6(5)4-10/h1-2H,11H2. The zero-order valence-corrected chi connectivity index (χ0v) is 6.89. The summed E-state index contributed by atoms with van der Waals surface area (Å²) in [6, 6.07) is 5.53. The smallest absolute Gasteiger partial charge is 0.293 e. The first-order chi connectivity index (χ1) is 6.60. The molecule has 0 radical (unpaired) electrons. The predicted octanol–water partition coefficient (Wildman–Crippen LogP) is 0.920. The molecule has 0 saturated heterocycles. The summed E-state index contributed by atoms with van der Waals surface area (Å²) in [6.07, 6.45) is 0. The molecule has 0 aromatic heterocycles. The van der Waals surface area contributed by atoms with Gasteiger partial charge in [0.15, 0.2) is 0 Å². The summed E-state index contributed by atoms with van der Waals surface area (Å²) in [4.78, 5) is 9.73. The molecule has 0 atom stereocenters. The first-order valence-corrected chi connectivity index (χ1v) is 3.48. The van der Waals surface area contributed by atoms with Gasteiger partial charge in [-0.25, -0.2) is 0 Å². The molecule has 0 unspecified atom stereocenters. The van der Waals surface area contributed by atoms with Crippen molar-refractivity contribution in [2.24, 2.45) is 0 Å². The Hall–Kier alpha value is -2.60. The van der Waals surface area contributed by atoms with Crippen LogP contribution in [0.15, 0.2) is 12.1 Å². The molecular formula is C8H4N4O2. The van der Waals surface area contributed by atoms with Crippen LogP contribution in [-0.2, 0) is 0 Å². The van der Waals surface area contributed by atoms with Gasteiger partial charge in [0, 0.05) is 6.07 Å². The van der Waals surface area contributed by atoms with E-state index in [-0.39, 0.29) is 22.5 Å². The van der Waals surface area contributed by atoms with Crippen molar-refractivity contribution in [2.45, 2.75) is 0 Å². The Kier molecular flexibility index (Phi) is 2.32. The number of nitro benzene ring substituents is 1. The molecule has 0 saturated carbocycles. The molecule has 68 valence electrons. The van der Waals surface area contributed by atoms with Gasteiger partial charge in [-0.3, -0.25) is 10.1 Å². The molecule has 0 aliphatic heterocycles. The van der Waals surface area contributed by atoms with Crippen molar-refractivity contribution in [3.8, 4) is 12.1 Å². The van der Waals surface area contributed by atoms with Crippen LogP contribution in [0.5, 0.6) is 0 Å². The summed E-state index contributed by atoms with van der Waals surface area (Å²) >= 11 is 0. The molecule has 14 heavy (non-hydrogen) atoms. The van der Waals surface area contributed by atoms with E-state index < -0.39 is 4.92 Å². The molecule has 0 fully saturated rings. The number of nitrogens with zero attached hydrogens (tertiary/aromatic N) is 3. The van der Waals surface area contributed by atoms with Gasteiger partial charge in [-0.05, 0) is 6.07 Å². The van der Waals surface area contributed by atoms with Crippen molar-refractivity contribution in [3.05, 3.63) is 33.4 Å². The maximum atomic E-state index is 10.4. The van der Waals surface area contributed by atoms with Gasteiger partial charge >= 0.3 is 0 Å². The van der Waals surface area contributed by atoms with Crippen molar-refractivity contribution in [2.75, 3.05) is 5.73 Å². The van der Waals surface area contributed by atoms with Gasteiger partial charge in [-0.1, -0.05) is 0 Å². The van der Waals surface area contributed by atoms with E-state index in [1.54, 1.807) is 12.1 Å². The number of nitro groups is 1. The lowest BCUT2D eigenvalue weighted by Crippen LogP contribution is -1.98. The fraction of sp³-hybridized carbons (Fsp3) is 0.